The van der Waals surface area contributed by atoms with Crippen LogP contribution in [0.3, 0.4) is 0 Å². The van der Waals surface area contributed by atoms with E-state index in [1.165, 1.54) is 48.1 Å². The molecule has 0 radical (unpaired) electrons. The van der Waals surface area contributed by atoms with Crippen molar-refractivity contribution in [1.29, 1.82) is 0 Å². The fourth-order valence-electron chi connectivity index (χ4n) is 5.99. The van der Waals surface area contributed by atoms with Crippen LogP contribution in [-0.2, 0) is 6.42 Å². The van der Waals surface area contributed by atoms with E-state index in [1.54, 1.807) is 14.2 Å². The number of hydrogen-bond donors (Lipinski definition) is 0. The summed E-state index contributed by atoms with van der Waals surface area (Å²) in [7, 11) is 5.74. The quantitative estimate of drug-likeness (QED) is 0.692. The Morgan fingerprint density at radius 2 is 1.77 bits per heavy atom. The number of likely N-dealkylation sites (N-methyl/N-ethyl adjacent to an activating group) is 1. The first kappa shape index (κ1) is 21.5. The Morgan fingerprint density at radius 1 is 1.03 bits per heavy atom. The molecule has 3 aliphatic heterocycles. The third-order valence-electron chi connectivity index (χ3n) is 7.98. The van der Waals surface area contributed by atoms with Gasteiger partial charge < -0.3 is 9.47 Å². The van der Waals surface area contributed by atoms with E-state index in [-0.39, 0.29) is 0 Å². The Labute approximate surface area is 182 Å². The molecule has 30 heavy (non-hydrogen) atoms. The van der Waals surface area contributed by atoms with Crippen molar-refractivity contribution in [3.05, 3.63) is 47.6 Å². The summed E-state index contributed by atoms with van der Waals surface area (Å²) in [5, 5.41) is 0. The van der Waals surface area contributed by atoms with Gasteiger partial charge in [0.1, 0.15) is 0 Å². The zero-order valence-corrected chi connectivity index (χ0v) is 19.2. The fourth-order valence-corrected chi connectivity index (χ4v) is 5.99. The molecule has 4 nitrogen and oxygen atoms in total. The molecule has 3 heterocycles. The number of piperidine rings is 2. The van der Waals surface area contributed by atoms with Crippen LogP contribution in [0.15, 0.2) is 36.4 Å². The number of benzene rings is 1. The van der Waals surface area contributed by atoms with Gasteiger partial charge in [0.2, 0.25) is 0 Å². The number of rotatable bonds is 5. The van der Waals surface area contributed by atoms with E-state index in [2.05, 4.69) is 49.1 Å². The van der Waals surface area contributed by atoms with Gasteiger partial charge in [-0.05, 0) is 79.0 Å². The third-order valence-corrected chi connectivity index (χ3v) is 7.98. The molecule has 4 heteroatoms. The number of hydrogen-bond acceptors (Lipinski definition) is 4. The highest BCUT2D eigenvalue weighted by atomic mass is 16.5. The molecule has 3 aliphatic rings. The fraction of sp³-hybridized carbons (Fsp3) is 0.615. The Kier molecular flexibility index (Phi) is 6.26. The smallest absolute Gasteiger partial charge is 0.161 e. The second kappa shape index (κ2) is 8.76. The molecular weight excluding hydrogens is 372 g/mol. The minimum absolute atomic E-state index is 0.430. The Hall–Kier alpha value is -1.78. The van der Waals surface area contributed by atoms with E-state index < -0.39 is 0 Å². The highest BCUT2D eigenvalue weighted by molar-refractivity contribution is 5.49. The SMILES string of the molecule is C=C1CCN2CC(CC)C(CC3c4cc(OC)c(OC)cc4CCN3C)CC2C1=C. The summed E-state index contributed by atoms with van der Waals surface area (Å²) < 4.78 is 11.2. The van der Waals surface area contributed by atoms with Gasteiger partial charge in [-0.25, -0.2) is 0 Å². The van der Waals surface area contributed by atoms with Crippen LogP contribution < -0.4 is 9.47 Å². The lowest BCUT2D eigenvalue weighted by Gasteiger charge is -2.49. The topological polar surface area (TPSA) is 24.9 Å². The second-order valence-corrected chi connectivity index (χ2v) is 9.44. The van der Waals surface area contributed by atoms with Crippen LogP contribution in [0.5, 0.6) is 11.5 Å². The van der Waals surface area contributed by atoms with E-state index in [4.69, 9.17) is 9.47 Å². The highest BCUT2D eigenvalue weighted by Gasteiger charge is 2.40. The number of methoxy groups -OCH3 is 2. The molecule has 0 aromatic heterocycles. The normalized spacial score (nSPS) is 30.0. The summed E-state index contributed by atoms with van der Waals surface area (Å²) in [6.45, 7) is 14.5. The van der Waals surface area contributed by atoms with Crippen LogP contribution in [0.2, 0.25) is 0 Å². The van der Waals surface area contributed by atoms with Crippen molar-refractivity contribution in [1.82, 2.24) is 9.80 Å². The number of nitrogens with zero attached hydrogens (tertiary/aromatic N) is 2. The van der Waals surface area contributed by atoms with Crippen LogP contribution in [0.4, 0.5) is 0 Å². The van der Waals surface area contributed by atoms with Crippen molar-refractivity contribution in [2.24, 2.45) is 11.8 Å². The van der Waals surface area contributed by atoms with Gasteiger partial charge in [0.25, 0.3) is 0 Å². The Morgan fingerprint density at radius 3 is 2.47 bits per heavy atom. The lowest BCUT2D eigenvalue weighted by atomic mass is 9.72. The lowest BCUT2D eigenvalue weighted by molar-refractivity contribution is 0.0494. The van der Waals surface area contributed by atoms with Crippen LogP contribution in [0.25, 0.3) is 0 Å². The molecule has 0 amide bonds. The molecule has 2 fully saturated rings. The molecule has 4 unspecified atom stereocenters. The molecule has 0 spiro atoms. The summed E-state index contributed by atoms with van der Waals surface area (Å²) in [6, 6.07) is 5.34. The monoisotopic (exact) mass is 410 g/mol. The summed E-state index contributed by atoms with van der Waals surface area (Å²) >= 11 is 0. The molecule has 2 saturated heterocycles. The third kappa shape index (κ3) is 3.80. The predicted octanol–water partition coefficient (Wildman–Crippen LogP) is 4.86. The van der Waals surface area contributed by atoms with Crippen molar-refractivity contribution in [2.75, 3.05) is 40.9 Å². The lowest BCUT2D eigenvalue weighted by Crippen LogP contribution is -2.51. The first-order valence-corrected chi connectivity index (χ1v) is 11.5. The zero-order valence-electron chi connectivity index (χ0n) is 19.2. The van der Waals surface area contributed by atoms with Crippen molar-refractivity contribution in [2.45, 2.75) is 51.1 Å². The first-order chi connectivity index (χ1) is 14.5. The minimum Gasteiger partial charge on any atom is -0.493 e. The van der Waals surface area contributed by atoms with E-state index in [9.17, 15) is 0 Å². The van der Waals surface area contributed by atoms with Gasteiger partial charge in [0, 0.05) is 31.7 Å². The Balaban J connectivity index is 1.61. The standard InChI is InChI=1S/C26H38N2O2/c1-7-19-16-28-11-8-17(2)18(3)23(28)12-21(19)13-24-22-15-26(30-6)25(29-5)14-20(22)9-10-27(24)4/h14-15,19,21,23-24H,2-3,7-13,16H2,1,4-6H3. The summed E-state index contributed by atoms with van der Waals surface area (Å²) in [5.74, 6) is 3.14. The van der Waals surface area contributed by atoms with Gasteiger partial charge in [0.05, 0.1) is 14.2 Å². The van der Waals surface area contributed by atoms with Gasteiger partial charge >= 0.3 is 0 Å². The van der Waals surface area contributed by atoms with E-state index >= 15 is 0 Å². The maximum atomic E-state index is 5.64. The first-order valence-electron chi connectivity index (χ1n) is 11.5. The molecule has 0 bridgehead atoms. The van der Waals surface area contributed by atoms with Crippen LogP contribution in [-0.4, -0.2) is 56.7 Å². The maximum absolute atomic E-state index is 5.64. The number of fused-ring (bicyclic) bond motifs is 2. The summed E-state index contributed by atoms with van der Waals surface area (Å²) in [5.41, 5.74) is 5.38. The number of ether oxygens (including phenoxy) is 2. The average Bonchev–Trinajstić information content (AvgIpc) is 2.77. The molecule has 1 aromatic carbocycles. The van der Waals surface area contributed by atoms with Crippen molar-refractivity contribution in [3.8, 4) is 11.5 Å². The van der Waals surface area contributed by atoms with Gasteiger partial charge in [-0.1, -0.05) is 26.5 Å². The Bertz CT molecular complexity index is 817. The van der Waals surface area contributed by atoms with Crippen molar-refractivity contribution < 1.29 is 9.47 Å². The minimum atomic E-state index is 0.430. The van der Waals surface area contributed by atoms with Crippen molar-refractivity contribution >= 4 is 0 Å². The largest absolute Gasteiger partial charge is 0.493 e. The van der Waals surface area contributed by atoms with Crippen LogP contribution in [0.1, 0.15) is 49.8 Å². The van der Waals surface area contributed by atoms with Crippen molar-refractivity contribution in [3.63, 3.8) is 0 Å². The molecule has 4 rings (SSSR count). The van der Waals surface area contributed by atoms with Gasteiger partial charge in [-0.15, -0.1) is 0 Å². The van der Waals surface area contributed by atoms with Gasteiger partial charge in [-0.3, -0.25) is 9.80 Å². The van der Waals surface area contributed by atoms with Gasteiger partial charge in [0.15, 0.2) is 11.5 Å². The molecule has 0 saturated carbocycles. The summed E-state index contributed by atoms with van der Waals surface area (Å²) in [6.07, 6.45) is 5.80. The van der Waals surface area contributed by atoms with E-state index in [0.717, 1.165) is 43.3 Å². The molecule has 4 atom stereocenters. The average molecular weight is 411 g/mol. The van der Waals surface area contributed by atoms with Crippen LogP contribution in [0, 0.1) is 11.8 Å². The molecule has 164 valence electrons. The molecular formula is C26H38N2O2. The summed E-state index contributed by atoms with van der Waals surface area (Å²) in [4.78, 5) is 5.22. The maximum Gasteiger partial charge on any atom is 0.161 e. The zero-order chi connectivity index (χ0) is 21.4. The van der Waals surface area contributed by atoms with E-state index in [0.29, 0.717) is 18.0 Å². The van der Waals surface area contributed by atoms with Crippen LogP contribution >= 0.6 is 0 Å². The van der Waals surface area contributed by atoms with Gasteiger partial charge in [-0.2, -0.15) is 0 Å². The highest BCUT2D eigenvalue weighted by Crippen LogP contribution is 2.45. The molecule has 0 aliphatic carbocycles. The molecule has 0 N–H and O–H groups in total. The second-order valence-electron chi connectivity index (χ2n) is 9.44. The molecule has 1 aromatic rings. The predicted molar refractivity (Wildman–Crippen MR) is 123 cm³/mol. The van der Waals surface area contributed by atoms with E-state index in [1.807, 2.05) is 0 Å².